The van der Waals surface area contributed by atoms with Gasteiger partial charge in [0.05, 0.1) is 0 Å². The van der Waals surface area contributed by atoms with Crippen molar-refractivity contribution in [2.24, 2.45) is 0 Å². The molecule has 0 saturated carbocycles. The van der Waals surface area contributed by atoms with E-state index in [1.54, 1.807) is 6.20 Å². The van der Waals surface area contributed by atoms with Gasteiger partial charge in [-0.25, -0.2) is 0 Å². The minimum absolute atomic E-state index is 0.805. The molecule has 0 saturated heterocycles. The van der Waals surface area contributed by atoms with Crippen LogP contribution in [-0.2, 0) is 6.42 Å². The van der Waals surface area contributed by atoms with Crippen molar-refractivity contribution < 1.29 is 0 Å². The predicted molar refractivity (Wildman–Crippen MR) is 72.8 cm³/mol. The molecule has 0 unspecified atom stereocenters. The zero-order chi connectivity index (χ0) is 12.0. The number of nitrogens with zero attached hydrogens (tertiary/aromatic N) is 1. The minimum atomic E-state index is -1.23. The molecular weight excluding hydrogens is 210 g/mol. The lowest BCUT2D eigenvalue weighted by Gasteiger charge is -2.04. The van der Waals surface area contributed by atoms with Crippen LogP contribution in [0, 0.1) is 11.5 Å². The summed E-state index contributed by atoms with van der Waals surface area (Å²) in [5.74, 6) is 3.24. The van der Waals surface area contributed by atoms with E-state index in [2.05, 4.69) is 48.7 Å². The zero-order valence-electron chi connectivity index (χ0n) is 10.4. The lowest BCUT2D eigenvalue weighted by molar-refractivity contribution is 1.07. The fourth-order valence-electron chi connectivity index (χ4n) is 1.29. The number of allylic oxidation sites excluding steroid dienone is 1. The Kier molecular flexibility index (Phi) is 4.51. The number of hydrogen-bond donors (Lipinski definition) is 0. The number of rotatable bonds is 3. The van der Waals surface area contributed by atoms with Gasteiger partial charge in [0, 0.05) is 18.8 Å². The molecule has 0 aliphatic carbocycles. The summed E-state index contributed by atoms with van der Waals surface area (Å²) in [6.07, 6.45) is 5.36. The molecule has 16 heavy (non-hydrogen) atoms. The Morgan fingerprint density at radius 3 is 2.75 bits per heavy atom. The van der Waals surface area contributed by atoms with Crippen molar-refractivity contribution in [3.05, 3.63) is 42.2 Å². The summed E-state index contributed by atoms with van der Waals surface area (Å²) in [7, 11) is -1.23. The number of aromatic nitrogens is 1. The van der Waals surface area contributed by atoms with Gasteiger partial charge in [0.25, 0.3) is 0 Å². The van der Waals surface area contributed by atoms with Crippen LogP contribution in [-0.4, -0.2) is 13.1 Å². The molecule has 0 radical (unpaired) electrons. The number of hydrogen-bond acceptors (Lipinski definition) is 1. The fourth-order valence-corrected chi connectivity index (χ4v) is 1.91. The van der Waals surface area contributed by atoms with Gasteiger partial charge in [0.15, 0.2) is 0 Å². The van der Waals surface area contributed by atoms with Gasteiger partial charge in [0.1, 0.15) is 8.07 Å². The molecule has 0 bridgehead atoms. The molecule has 2 heteroatoms. The molecule has 84 valence electrons. The first-order chi connectivity index (χ1) is 7.47. The second-order valence-electron chi connectivity index (χ2n) is 5.02. The van der Waals surface area contributed by atoms with E-state index >= 15 is 0 Å². The third-order valence-electron chi connectivity index (χ3n) is 1.98. The van der Waals surface area contributed by atoms with Crippen molar-refractivity contribution in [2.75, 3.05) is 0 Å². The highest BCUT2D eigenvalue weighted by Crippen LogP contribution is 2.07. The topological polar surface area (TPSA) is 12.9 Å². The zero-order valence-corrected chi connectivity index (χ0v) is 11.4. The van der Waals surface area contributed by atoms with Crippen LogP contribution in [0.4, 0.5) is 0 Å². The molecule has 0 spiro atoms. The highest BCUT2D eigenvalue weighted by Gasteiger charge is 2.07. The predicted octanol–water partition coefficient (Wildman–Crippen LogP) is 3.45. The number of pyridine rings is 1. The third kappa shape index (κ3) is 5.52. The van der Waals surface area contributed by atoms with Gasteiger partial charge in [-0.05, 0) is 18.1 Å². The Hall–Kier alpha value is -1.33. The van der Waals surface area contributed by atoms with Crippen molar-refractivity contribution in [1.82, 2.24) is 4.98 Å². The van der Waals surface area contributed by atoms with E-state index in [1.165, 1.54) is 11.1 Å². The van der Waals surface area contributed by atoms with Crippen LogP contribution in [0.3, 0.4) is 0 Å². The minimum Gasteiger partial charge on any atom is -0.264 e. The lowest BCUT2D eigenvalue weighted by atomic mass is 10.1. The second kappa shape index (κ2) is 5.67. The normalized spacial score (nSPS) is 10.4. The Bertz CT molecular complexity index is 404. The molecule has 1 heterocycles. The monoisotopic (exact) mass is 229 g/mol. The molecule has 0 amide bonds. The van der Waals surface area contributed by atoms with Crippen LogP contribution in [0.1, 0.15) is 12.0 Å². The van der Waals surface area contributed by atoms with Crippen molar-refractivity contribution in [1.29, 1.82) is 0 Å². The highest BCUT2D eigenvalue weighted by molar-refractivity contribution is 6.83. The first-order valence-corrected chi connectivity index (χ1v) is 9.03. The van der Waals surface area contributed by atoms with Crippen LogP contribution in [0.2, 0.25) is 19.6 Å². The summed E-state index contributed by atoms with van der Waals surface area (Å²) >= 11 is 0. The fraction of sp³-hybridized carbons (Fsp3) is 0.357. The molecular formula is C14H19NSi. The molecule has 1 rings (SSSR count). The van der Waals surface area contributed by atoms with Crippen LogP contribution in [0.15, 0.2) is 36.7 Å². The van der Waals surface area contributed by atoms with Crippen LogP contribution in [0.5, 0.6) is 0 Å². The standard InChI is InChI=1S/C14H19NSi/c1-13(7-6-10-16(2,3)4)11-14-8-5-9-15-12-14/h5,8-9,12H,1,7,11H2,2-4H3. The Morgan fingerprint density at radius 2 is 2.19 bits per heavy atom. The molecule has 0 aliphatic rings. The summed E-state index contributed by atoms with van der Waals surface area (Å²) in [4.78, 5) is 4.09. The van der Waals surface area contributed by atoms with Gasteiger partial charge in [-0.3, -0.25) is 4.98 Å². The molecule has 0 atom stereocenters. The smallest absolute Gasteiger partial charge is 0.129 e. The SMILES string of the molecule is C=C(CC#C[Si](C)(C)C)Cc1cccnc1. The van der Waals surface area contributed by atoms with E-state index in [-0.39, 0.29) is 0 Å². The van der Waals surface area contributed by atoms with E-state index in [0.29, 0.717) is 0 Å². The molecule has 1 nitrogen and oxygen atoms in total. The summed E-state index contributed by atoms with van der Waals surface area (Å²) < 4.78 is 0. The first-order valence-electron chi connectivity index (χ1n) is 5.53. The van der Waals surface area contributed by atoms with E-state index in [4.69, 9.17) is 0 Å². The maximum absolute atomic E-state index is 4.09. The summed E-state index contributed by atoms with van der Waals surface area (Å²) in [5, 5.41) is 0. The summed E-state index contributed by atoms with van der Waals surface area (Å²) in [6, 6.07) is 4.03. The van der Waals surface area contributed by atoms with Crippen molar-refractivity contribution in [3.63, 3.8) is 0 Å². The van der Waals surface area contributed by atoms with Crippen molar-refractivity contribution in [2.45, 2.75) is 32.5 Å². The van der Waals surface area contributed by atoms with E-state index in [9.17, 15) is 0 Å². The van der Waals surface area contributed by atoms with Gasteiger partial charge in [0.2, 0.25) is 0 Å². The maximum atomic E-state index is 4.09. The second-order valence-corrected chi connectivity index (χ2v) is 9.77. The van der Waals surface area contributed by atoms with Crippen LogP contribution < -0.4 is 0 Å². The van der Waals surface area contributed by atoms with Gasteiger partial charge in [-0.1, -0.05) is 37.9 Å². The van der Waals surface area contributed by atoms with Crippen molar-refractivity contribution >= 4 is 8.07 Å². The molecule has 0 fully saturated rings. The summed E-state index contributed by atoms with van der Waals surface area (Å²) in [5.41, 5.74) is 5.73. The van der Waals surface area contributed by atoms with E-state index in [0.717, 1.165) is 12.8 Å². The maximum Gasteiger partial charge on any atom is 0.129 e. The van der Waals surface area contributed by atoms with E-state index in [1.807, 2.05) is 12.3 Å². The average Bonchev–Trinajstić information content (AvgIpc) is 2.17. The highest BCUT2D eigenvalue weighted by atomic mass is 28.3. The molecule has 0 aliphatic heterocycles. The van der Waals surface area contributed by atoms with Gasteiger partial charge in [-0.15, -0.1) is 11.5 Å². The quantitative estimate of drug-likeness (QED) is 0.439. The Balaban J connectivity index is 2.46. The lowest BCUT2D eigenvalue weighted by Crippen LogP contribution is -2.16. The van der Waals surface area contributed by atoms with Crippen molar-refractivity contribution in [3.8, 4) is 11.5 Å². The third-order valence-corrected chi connectivity index (χ3v) is 2.91. The summed E-state index contributed by atoms with van der Waals surface area (Å²) in [6.45, 7) is 10.8. The first kappa shape index (κ1) is 12.7. The molecule has 1 aromatic heterocycles. The van der Waals surface area contributed by atoms with Crippen LogP contribution in [0.25, 0.3) is 0 Å². The Labute approximate surface area is 99.6 Å². The Morgan fingerprint density at radius 1 is 1.44 bits per heavy atom. The molecule has 0 N–H and O–H groups in total. The van der Waals surface area contributed by atoms with E-state index < -0.39 is 8.07 Å². The molecule has 1 aromatic rings. The largest absolute Gasteiger partial charge is 0.264 e. The van der Waals surface area contributed by atoms with Gasteiger partial charge < -0.3 is 0 Å². The van der Waals surface area contributed by atoms with Gasteiger partial charge >= 0.3 is 0 Å². The average molecular weight is 229 g/mol. The van der Waals surface area contributed by atoms with Crippen LogP contribution >= 0.6 is 0 Å². The van der Waals surface area contributed by atoms with Gasteiger partial charge in [-0.2, -0.15) is 0 Å². The molecule has 0 aromatic carbocycles.